The lowest BCUT2D eigenvalue weighted by Crippen LogP contribution is -2.38. The molecule has 1 amide bonds. The Labute approximate surface area is 171 Å². The van der Waals surface area contributed by atoms with E-state index in [9.17, 15) is 14.7 Å². The number of hydrogen-bond acceptors (Lipinski definition) is 3. The SMILES string of the molecule is O=C(NC[C@@H](C(=O)O)C1CCCCC1)OCC1c2ccccc2-c2ccccc21. The number of alkyl carbamates (subject to hydrolysis) is 1. The molecular formula is C24H27NO4. The van der Waals surface area contributed by atoms with E-state index in [1.54, 1.807) is 0 Å². The van der Waals surface area contributed by atoms with Gasteiger partial charge >= 0.3 is 12.1 Å². The van der Waals surface area contributed by atoms with Crippen LogP contribution < -0.4 is 5.32 Å². The number of aliphatic carboxylic acids is 1. The molecule has 2 aliphatic carbocycles. The highest BCUT2D eigenvalue weighted by Gasteiger charge is 2.31. The second-order valence-corrected chi connectivity index (χ2v) is 8.05. The Morgan fingerprint density at radius 2 is 1.55 bits per heavy atom. The number of hydrogen-bond donors (Lipinski definition) is 2. The summed E-state index contributed by atoms with van der Waals surface area (Å²) in [4.78, 5) is 24.0. The van der Waals surface area contributed by atoms with Crippen molar-refractivity contribution in [3.05, 3.63) is 59.7 Å². The molecule has 0 bridgehead atoms. The molecule has 0 heterocycles. The first-order chi connectivity index (χ1) is 14.1. The van der Waals surface area contributed by atoms with E-state index in [-0.39, 0.29) is 25.0 Å². The van der Waals surface area contributed by atoms with Gasteiger partial charge in [0.1, 0.15) is 6.61 Å². The van der Waals surface area contributed by atoms with E-state index in [1.165, 1.54) is 17.5 Å². The largest absolute Gasteiger partial charge is 0.481 e. The van der Waals surface area contributed by atoms with Crippen LogP contribution in [-0.4, -0.2) is 30.3 Å². The van der Waals surface area contributed by atoms with E-state index in [0.717, 1.165) is 36.8 Å². The van der Waals surface area contributed by atoms with Gasteiger partial charge in [-0.25, -0.2) is 4.79 Å². The highest BCUT2D eigenvalue weighted by molar-refractivity contribution is 5.79. The van der Waals surface area contributed by atoms with E-state index in [1.807, 2.05) is 24.3 Å². The van der Waals surface area contributed by atoms with Gasteiger partial charge in [0.2, 0.25) is 0 Å². The normalized spacial score (nSPS) is 17.2. The highest BCUT2D eigenvalue weighted by atomic mass is 16.5. The maximum absolute atomic E-state index is 12.3. The van der Waals surface area contributed by atoms with Crippen LogP contribution in [0.2, 0.25) is 0 Å². The van der Waals surface area contributed by atoms with E-state index in [2.05, 4.69) is 29.6 Å². The Hall–Kier alpha value is -2.82. The molecule has 2 aromatic carbocycles. The molecule has 5 nitrogen and oxygen atoms in total. The van der Waals surface area contributed by atoms with E-state index in [4.69, 9.17) is 4.74 Å². The molecule has 0 radical (unpaired) electrons. The first-order valence-corrected chi connectivity index (χ1v) is 10.5. The average Bonchev–Trinajstić information content (AvgIpc) is 3.07. The molecule has 2 N–H and O–H groups in total. The van der Waals surface area contributed by atoms with Crippen LogP contribution in [0.15, 0.2) is 48.5 Å². The van der Waals surface area contributed by atoms with Gasteiger partial charge in [0.15, 0.2) is 0 Å². The number of amides is 1. The van der Waals surface area contributed by atoms with Crippen LogP contribution in [0.3, 0.4) is 0 Å². The smallest absolute Gasteiger partial charge is 0.407 e. The second kappa shape index (κ2) is 8.68. The molecule has 0 aliphatic heterocycles. The molecule has 5 heteroatoms. The Bertz CT molecular complexity index is 842. The summed E-state index contributed by atoms with van der Waals surface area (Å²) in [6.45, 7) is 0.359. The summed E-state index contributed by atoms with van der Waals surface area (Å²) in [6.07, 6.45) is 4.60. The quantitative estimate of drug-likeness (QED) is 0.739. The number of ether oxygens (including phenoxy) is 1. The van der Waals surface area contributed by atoms with Gasteiger partial charge in [0, 0.05) is 12.5 Å². The van der Waals surface area contributed by atoms with Crippen LogP contribution in [0.4, 0.5) is 4.79 Å². The zero-order chi connectivity index (χ0) is 20.2. The fraction of sp³-hybridized carbons (Fsp3) is 0.417. The zero-order valence-electron chi connectivity index (χ0n) is 16.5. The van der Waals surface area contributed by atoms with Crippen molar-refractivity contribution in [3.8, 4) is 11.1 Å². The molecule has 0 unspecified atom stereocenters. The summed E-state index contributed by atoms with van der Waals surface area (Å²) in [5.74, 6) is -1.25. The number of rotatable bonds is 6. The van der Waals surface area contributed by atoms with Gasteiger partial charge in [-0.3, -0.25) is 4.79 Å². The van der Waals surface area contributed by atoms with Crippen LogP contribution in [0, 0.1) is 11.8 Å². The van der Waals surface area contributed by atoms with Gasteiger partial charge in [0.25, 0.3) is 0 Å². The third kappa shape index (κ3) is 4.14. The van der Waals surface area contributed by atoms with Crippen molar-refractivity contribution in [1.29, 1.82) is 0 Å². The van der Waals surface area contributed by atoms with Crippen molar-refractivity contribution in [2.75, 3.05) is 13.2 Å². The van der Waals surface area contributed by atoms with Crippen molar-refractivity contribution in [3.63, 3.8) is 0 Å². The molecule has 152 valence electrons. The summed E-state index contributed by atoms with van der Waals surface area (Å²) in [5, 5.41) is 12.3. The number of carbonyl (C=O) groups excluding carboxylic acids is 1. The Morgan fingerprint density at radius 3 is 2.14 bits per heavy atom. The molecule has 1 atom stereocenters. The summed E-state index contributed by atoms with van der Waals surface area (Å²) in [5.41, 5.74) is 4.68. The third-order valence-corrected chi connectivity index (χ3v) is 6.35. The lowest BCUT2D eigenvalue weighted by Gasteiger charge is -2.27. The predicted octanol–water partition coefficient (Wildman–Crippen LogP) is 4.81. The van der Waals surface area contributed by atoms with Gasteiger partial charge in [-0.05, 0) is 41.0 Å². The van der Waals surface area contributed by atoms with Crippen LogP contribution in [0.25, 0.3) is 11.1 Å². The van der Waals surface area contributed by atoms with Gasteiger partial charge in [-0.15, -0.1) is 0 Å². The van der Waals surface area contributed by atoms with Gasteiger partial charge < -0.3 is 15.2 Å². The van der Waals surface area contributed by atoms with E-state index in [0.29, 0.717) is 0 Å². The molecule has 2 aromatic rings. The van der Waals surface area contributed by atoms with Crippen LogP contribution in [-0.2, 0) is 9.53 Å². The van der Waals surface area contributed by atoms with E-state index < -0.39 is 18.0 Å². The fourth-order valence-corrected chi connectivity index (χ4v) is 4.83. The second-order valence-electron chi connectivity index (χ2n) is 8.05. The molecule has 1 saturated carbocycles. The van der Waals surface area contributed by atoms with Crippen molar-refractivity contribution in [2.24, 2.45) is 11.8 Å². The minimum Gasteiger partial charge on any atom is -0.481 e. The maximum Gasteiger partial charge on any atom is 0.407 e. The monoisotopic (exact) mass is 393 g/mol. The van der Waals surface area contributed by atoms with Crippen LogP contribution in [0.1, 0.15) is 49.1 Å². The Kier molecular flexibility index (Phi) is 5.84. The molecular weight excluding hydrogens is 366 g/mol. The van der Waals surface area contributed by atoms with Gasteiger partial charge in [-0.2, -0.15) is 0 Å². The Balaban J connectivity index is 1.37. The molecule has 29 heavy (non-hydrogen) atoms. The number of benzene rings is 2. The summed E-state index contributed by atoms with van der Waals surface area (Å²) in [6, 6.07) is 16.4. The molecule has 0 aromatic heterocycles. The lowest BCUT2D eigenvalue weighted by molar-refractivity contribution is -0.143. The summed E-state index contributed by atoms with van der Waals surface area (Å²) < 4.78 is 5.51. The van der Waals surface area contributed by atoms with E-state index >= 15 is 0 Å². The predicted molar refractivity (Wildman–Crippen MR) is 111 cm³/mol. The zero-order valence-corrected chi connectivity index (χ0v) is 16.5. The number of nitrogens with one attached hydrogen (secondary N) is 1. The minimum atomic E-state index is -0.837. The lowest BCUT2D eigenvalue weighted by atomic mass is 9.80. The van der Waals surface area contributed by atoms with Gasteiger partial charge in [0.05, 0.1) is 5.92 Å². The third-order valence-electron chi connectivity index (χ3n) is 6.35. The molecule has 4 rings (SSSR count). The first-order valence-electron chi connectivity index (χ1n) is 10.5. The van der Waals surface area contributed by atoms with Crippen molar-refractivity contribution < 1.29 is 19.4 Å². The number of fused-ring (bicyclic) bond motifs is 3. The molecule has 1 fully saturated rings. The van der Waals surface area contributed by atoms with Crippen molar-refractivity contribution in [2.45, 2.75) is 38.0 Å². The number of carbonyl (C=O) groups is 2. The summed E-state index contributed by atoms with van der Waals surface area (Å²) in [7, 11) is 0. The number of carboxylic acid groups (broad SMARTS) is 1. The first kappa shape index (κ1) is 19.5. The summed E-state index contributed by atoms with van der Waals surface area (Å²) >= 11 is 0. The average molecular weight is 393 g/mol. The minimum absolute atomic E-state index is 0.00163. The molecule has 2 aliphatic rings. The van der Waals surface area contributed by atoms with Crippen molar-refractivity contribution >= 4 is 12.1 Å². The standard InChI is InChI=1S/C24H27NO4/c26-23(27)21(16-8-2-1-3-9-16)14-25-24(28)29-15-22-19-12-6-4-10-17(19)18-11-5-7-13-20(18)22/h4-7,10-13,16,21-22H,1-3,8-9,14-15H2,(H,25,28)(H,26,27)/t21-/m1/s1. The van der Waals surface area contributed by atoms with Crippen molar-refractivity contribution in [1.82, 2.24) is 5.32 Å². The molecule has 0 saturated heterocycles. The molecule has 0 spiro atoms. The number of carboxylic acids is 1. The maximum atomic E-state index is 12.3. The van der Waals surface area contributed by atoms with Crippen LogP contribution >= 0.6 is 0 Å². The Morgan fingerprint density at radius 1 is 0.966 bits per heavy atom. The van der Waals surface area contributed by atoms with Gasteiger partial charge in [-0.1, -0.05) is 67.8 Å². The topological polar surface area (TPSA) is 75.6 Å². The fourth-order valence-electron chi connectivity index (χ4n) is 4.83. The van der Waals surface area contributed by atoms with Crippen LogP contribution in [0.5, 0.6) is 0 Å². The highest BCUT2D eigenvalue weighted by Crippen LogP contribution is 2.44.